The van der Waals surface area contributed by atoms with E-state index in [9.17, 15) is 8.42 Å². The molecule has 0 radical (unpaired) electrons. The second-order valence-electron chi connectivity index (χ2n) is 4.36. The van der Waals surface area contributed by atoms with Gasteiger partial charge >= 0.3 is 0 Å². The molecule has 3 nitrogen and oxygen atoms in total. The van der Waals surface area contributed by atoms with Gasteiger partial charge in [0.25, 0.3) is 0 Å². The Balaban J connectivity index is 2.30. The van der Waals surface area contributed by atoms with Crippen LogP contribution < -0.4 is 5.32 Å². The number of nitrogens with one attached hydrogen (secondary N) is 1. The van der Waals surface area contributed by atoms with Gasteiger partial charge in [0, 0.05) is 23.6 Å². The monoisotopic (exact) mass is 265 g/mol. The second kappa shape index (κ2) is 6.87. The van der Waals surface area contributed by atoms with E-state index < -0.39 is 9.84 Å². The van der Waals surface area contributed by atoms with Gasteiger partial charge in [-0.3, -0.25) is 0 Å². The molecule has 0 saturated heterocycles. The highest BCUT2D eigenvalue weighted by molar-refractivity contribution is 7.99. The van der Waals surface area contributed by atoms with Crippen molar-refractivity contribution in [2.24, 2.45) is 0 Å². The Hall–Kier alpha value is 0.260. The molecule has 2 atom stereocenters. The van der Waals surface area contributed by atoms with Crippen molar-refractivity contribution in [2.45, 2.75) is 43.9 Å². The highest BCUT2D eigenvalue weighted by atomic mass is 32.2. The summed E-state index contributed by atoms with van der Waals surface area (Å²) in [6, 6.07) is 0.510. The van der Waals surface area contributed by atoms with Crippen molar-refractivity contribution < 1.29 is 8.42 Å². The van der Waals surface area contributed by atoms with Crippen LogP contribution in [0.15, 0.2) is 0 Å². The van der Waals surface area contributed by atoms with Crippen molar-refractivity contribution in [1.82, 2.24) is 5.32 Å². The van der Waals surface area contributed by atoms with Crippen LogP contribution in [0.2, 0.25) is 0 Å². The van der Waals surface area contributed by atoms with E-state index in [0.29, 0.717) is 17.8 Å². The second-order valence-corrected chi connectivity index (χ2v) is 7.91. The third-order valence-corrected chi connectivity index (χ3v) is 6.14. The quantitative estimate of drug-likeness (QED) is 0.794. The molecule has 1 aliphatic carbocycles. The van der Waals surface area contributed by atoms with E-state index in [4.69, 9.17) is 0 Å². The Bertz CT molecular complexity index is 290. The first-order valence-corrected chi connectivity index (χ1v) is 9.16. The molecule has 2 unspecified atom stereocenters. The van der Waals surface area contributed by atoms with Gasteiger partial charge in [0.1, 0.15) is 0 Å². The van der Waals surface area contributed by atoms with Crippen LogP contribution in [0.25, 0.3) is 0 Å². The Kier molecular flexibility index (Phi) is 6.15. The van der Waals surface area contributed by atoms with Gasteiger partial charge < -0.3 is 5.32 Å². The van der Waals surface area contributed by atoms with Crippen LogP contribution >= 0.6 is 11.8 Å². The van der Waals surface area contributed by atoms with Gasteiger partial charge in [-0.05, 0) is 19.1 Å². The summed E-state index contributed by atoms with van der Waals surface area (Å²) in [6.07, 6.45) is 7.19. The van der Waals surface area contributed by atoms with Crippen LogP contribution in [0.4, 0.5) is 0 Å². The number of hydrogen-bond donors (Lipinski definition) is 1. The van der Waals surface area contributed by atoms with Crippen molar-refractivity contribution in [1.29, 1.82) is 0 Å². The van der Waals surface area contributed by atoms with E-state index in [-0.39, 0.29) is 11.5 Å². The summed E-state index contributed by atoms with van der Waals surface area (Å²) in [6.45, 7) is 2.32. The molecule has 0 aromatic carbocycles. The molecule has 96 valence electrons. The van der Waals surface area contributed by atoms with Crippen LogP contribution in [0, 0.1) is 0 Å². The number of sulfone groups is 1. The molecular formula is C11H23NO2S2. The summed E-state index contributed by atoms with van der Waals surface area (Å²) in [7, 11) is -2.81. The third kappa shape index (κ3) is 4.63. The highest BCUT2D eigenvalue weighted by Gasteiger charge is 2.23. The lowest BCUT2D eigenvalue weighted by atomic mass is 9.95. The Morgan fingerprint density at radius 3 is 2.62 bits per heavy atom. The van der Waals surface area contributed by atoms with Crippen LogP contribution in [-0.4, -0.2) is 44.0 Å². The van der Waals surface area contributed by atoms with Gasteiger partial charge in [-0.25, -0.2) is 8.42 Å². The maximum absolute atomic E-state index is 11.3. The molecule has 0 aliphatic heterocycles. The summed E-state index contributed by atoms with van der Waals surface area (Å²) in [5.74, 6) is 0.534. The van der Waals surface area contributed by atoms with Crippen LogP contribution in [0.3, 0.4) is 0 Å². The molecule has 1 fully saturated rings. The SMILES string of the molecule is CCS(=O)(=O)CCNC1CCCCC1SC. The lowest BCUT2D eigenvalue weighted by Crippen LogP contribution is -2.42. The largest absolute Gasteiger partial charge is 0.312 e. The highest BCUT2D eigenvalue weighted by Crippen LogP contribution is 2.26. The van der Waals surface area contributed by atoms with Gasteiger partial charge in [0.05, 0.1) is 5.75 Å². The Morgan fingerprint density at radius 1 is 1.31 bits per heavy atom. The zero-order valence-corrected chi connectivity index (χ0v) is 11.9. The molecule has 0 amide bonds. The maximum atomic E-state index is 11.3. The Labute approximate surface area is 104 Å². The number of thioether (sulfide) groups is 1. The molecule has 5 heteroatoms. The van der Waals surface area contributed by atoms with E-state index in [2.05, 4.69) is 11.6 Å². The predicted molar refractivity (Wildman–Crippen MR) is 71.9 cm³/mol. The van der Waals surface area contributed by atoms with Crippen molar-refractivity contribution in [3.05, 3.63) is 0 Å². The van der Waals surface area contributed by atoms with Crippen molar-refractivity contribution in [3.63, 3.8) is 0 Å². The predicted octanol–water partition coefficient (Wildman–Crippen LogP) is 1.68. The molecular weight excluding hydrogens is 242 g/mol. The van der Waals surface area contributed by atoms with Crippen molar-refractivity contribution in [3.8, 4) is 0 Å². The molecule has 16 heavy (non-hydrogen) atoms. The lowest BCUT2D eigenvalue weighted by Gasteiger charge is -2.31. The Morgan fingerprint density at radius 2 is 2.00 bits per heavy atom. The van der Waals surface area contributed by atoms with Crippen LogP contribution in [-0.2, 0) is 9.84 Å². The normalized spacial score (nSPS) is 26.9. The minimum Gasteiger partial charge on any atom is -0.312 e. The lowest BCUT2D eigenvalue weighted by molar-refractivity contribution is 0.391. The first kappa shape index (κ1) is 14.3. The number of hydrogen-bond acceptors (Lipinski definition) is 4. The van der Waals surface area contributed by atoms with Gasteiger partial charge in [-0.2, -0.15) is 11.8 Å². The summed E-state index contributed by atoms with van der Waals surface area (Å²) in [5.41, 5.74) is 0. The van der Waals surface area contributed by atoms with Gasteiger partial charge in [0.2, 0.25) is 0 Å². The average Bonchev–Trinajstić information content (AvgIpc) is 2.29. The van der Waals surface area contributed by atoms with E-state index >= 15 is 0 Å². The van der Waals surface area contributed by atoms with E-state index in [1.807, 2.05) is 11.8 Å². The van der Waals surface area contributed by atoms with Gasteiger partial charge in [-0.15, -0.1) is 0 Å². The fourth-order valence-electron chi connectivity index (χ4n) is 2.16. The van der Waals surface area contributed by atoms with Crippen molar-refractivity contribution >= 4 is 21.6 Å². The summed E-state index contributed by atoms with van der Waals surface area (Å²) in [4.78, 5) is 0. The first-order valence-electron chi connectivity index (χ1n) is 6.05. The first-order chi connectivity index (χ1) is 7.59. The molecule has 0 spiro atoms. The van der Waals surface area contributed by atoms with Gasteiger partial charge in [-0.1, -0.05) is 19.8 Å². The fraction of sp³-hybridized carbons (Fsp3) is 1.00. The molecule has 0 aromatic rings. The minimum atomic E-state index is -2.81. The van der Waals surface area contributed by atoms with Crippen LogP contribution in [0.5, 0.6) is 0 Å². The molecule has 0 heterocycles. The fourth-order valence-corrected chi connectivity index (χ4v) is 3.84. The van der Waals surface area contributed by atoms with E-state index in [1.54, 1.807) is 6.92 Å². The molecule has 1 N–H and O–H groups in total. The van der Waals surface area contributed by atoms with Crippen molar-refractivity contribution in [2.75, 3.05) is 24.3 Å². The summed E-state index contributed by atoms with van der Waals surface area (Å²) >= 11 is 1.91. The third-order valence-electron chi connectivity index (χ3n) is 3.26. The van der Waals surface area contributed by atoms with E-state index in [1.165, 1.54) is 25.7 Å². The summed E-state index contributed by atoms with van der Waals surface area (Å²) in [5, 5.41) is 4.08. The smallest absolute Gasteiger partial charge is 0.151 e. The molecule has 1 aliphatic rings. The standard InChI is InChI=1S/C11H23NO2S2/c1-3-16(13,14)9-8-12-10-6-4-5-7-11(10)15-2/h10-12H,3-9H2,1-2H3. The molecule has 1 saturated carbocycles. The topological polar surface area (TPSA) is 46.2 Å². The zero-order chi connectivity index (χ0) is 12.0. The molecule has 0 bridgehead atoms. The van der Waals surface area contributed by atoms with Crippen LogP contribution in [0.1, 0.15) is 32.6 Å². The molecule has 0 aromatic heterocycles. The zero-order valence-electron chi connectivity index (χ0n) is 10.2. The molecule has 1 rings (SSSR count). The minimum absolute atomic E-state index is 0.255. The maximum Gasteiger partial charge on any atom is 0.151 e. The van der Waals surface area contributed by atoms with Gasteiger partial charge in [0.15, 0.2) is 9.84 Å². The average molecular weight is 265 g/mol. The summed E-state index contributed by atoms with van der Waals surface area (Å²) < 4.78 is 22.7. The van der Waals surface area contributed by atoms with E-state index in [0.717, 1.165) is 0 Å². The number of rotatable bonds is 6.